The molecule has 0 aromatic carbocycles. The summed E-state index contributed by atoms with van der Waals surface area (Å²) >= 11 is 3.39. The lowest BCUT2D eigenvalue weighted by Gasteiger charge is -2.10. The summed E-state index contributed by atoms with van der Waals surface area (Å²) in [4.78, 5) is 3.96. The number of aromatic nitrogens is 1. The number of rotatable bonds is 4. The van der Waals surface area contributed by atoms with Crippen LogP contribution in [0.15, 0.2) is 29.0 Å². The molecule has 14 heavy (non-hydrogen) atoms. The standard InChI is InChI=1S/C10H14BrN3/c1-7(2)3-4-14-10-8(11)5-13-6-9(10)12/h5-6H,1,3-4,12H2,2H3,(H,13,14). The molecule has 4 heteroatoms. The number of hydrogen-bond donors (Lipinski definition) is 2. The molecule has 0 saturated carbocycles. The number of nitrogens with two attached hydrogens (primary N) is 1. The zero-order valence-electron chi connectivity index (χ0n) is 8.18. The summed E-state index contributed by atoms with van der Waals surface area (Å²) < 4.78 is 0.888. The Kier molecular flexibility index (Phi) is 3.95. The van der Waals surface area contributed by atoms with E-state index in [-0.39, 0.29) is 0 Å². The van der Waals surface area contributed by atoms with Crippen LogP contribution in [0.25, 0.3) is 0 Å². The lowest BCUT2D eigenvalue weighted by atomic mass is 10.2. The first kappa shape index (κ1) is 11.0. The van der Waals surface area contributed by atoms with Gasteiger partial charge in [0.1, 0.15) is 0 Å². The minimum absolute atomic E-state index is 0.654. The zero-order valence-corrected chi connectivity index (χ0v) is 9.76. The maximum Gasteiger partial charge on any atom is 0.0750 e. The topological polar surface area (TPSA) is 50.9 Å². The summed E-state index contributed by atoms with van der Waals surface area (Å²) in [5.74, 6) is 0. The first-order valence-corrected chi connectivity index (χ1v) is 5.18. The quantitative estimate of drug-likeness (QED) is 0.814. The molecule has 0 bridgehead atoms. The van der Waals surface area contributed by atoms with Gasteiger partial charge in [0.15, 0.2) is 0 Å². The molecule has 3 nitrogen and oxygen atoms in total. The van der Waals surface area contributed by atoms with Gasteiger partial charge in [-0.05, 0) is 29.3 Å². The van der Waals surface area contributed by atoms with E-state index in [1.54, 1.807) is 12.4 Å². The Bertz CT molecular complexity index is 316. The lowest BCUT2D eigenvalue weighted by Crippen LogP contribution is -2.05. The van der Waals surface area contributed by atoms with Gasteiger partial charge in [0.05, 0.1) is 22.0 Å². The highest BCUT2D eigenvalue weighted by Crippen LogP contribution is 2.26. The maximum absolute atomic E-state index is 5.76. The molecule has 0 aliphatic carbocycles. The fourth-order valence-corrected chi connectivity index (χ4v) is 1.52. The Balaban J connectivity index is 2.62. The third-order valence-electron chi connectivity index (χ3n) is 1.78. The molecular formula is C10H14BrN3. The van der Waals surface area contributed by atoms with Gasteiger partial charge in [0, 0.05) is 12.7 Å². The summed E-state index contributed by atoms with van der Waals surface area (Å²) in [6.07, 6.45) is 4.29. The molecular weight excluding hydrogens is 242 g/mol. The summed E-state index contributed by atoms with van der Waals surface area (Å²) in [5, 5.41) is 3.24. The second kappa shape index (κ2) is 5.00. The van der Waals surface area contributed by atoms with Gasteiger partial charge in [0.2, 0.25) is 0 Å². The molecule has 1 aromatic heterocycles. The number of hydrogen-bond acceptors (Lipinski definition) is 3. The van der Waals surface area contributed by atoms with Crippen molar-refractivity contribution in [2.45, 2.75) is 13.3 Å². The van der Waals surface area contributed by atoms with Crippen molar-refractivity contribution in [1.82, 2.24) is 4.98 Å². The van der Waals surface area contributed by atoms with Gasteiger partial charge >= 0.3 is 0 Å². The van der Waals surface area contributed by atoms with Gasteiger partial charge in [0.25, 0.3) is 0 Å². The van der Waals surface area contributed by atoms with Gasteiger partial charge < -0.3 is 11.1 Å². The average molecular weight is 256 g/mol. The summed E-state index contributed by atoms with van der Waals surface area (Å²) in [6.45, 7) is 6.68. The smallest absolute Gasteiger partial charge is 0.0750 e. The molecule has 3 N–H and O–H groups in total. The first-order chi connectivity index (χ1) is 6.61. The summed E-state index contributed by atoms with van der Waals surface area (Å²) in [7, 11) is 0. The van der Waals surface area contributed by atoms with Crippen LogP contribution in [0.2, 0.25) is 0 Å². The molecule has 1 aromatic rings. The zero-order chi connectivity index (χ0) is 10.6. The molecule has 0 amide bonds. The number of nitrogens with zero attached hydrogens (tertiary/aromatic N) is 1. The van der Waals surface area contributed by atoms with Crippen molar-refractivity contribution in [3.63, 3.8) is 0 Å². The minimum atomic E-state index is 0.654. The predicted molar refractivity (Wildman–Crippen MR) is 64.3 cm³/mol. The Hall–Kier alpha value is -1.03. The van der Waals surface area contributed by atoms with E-state index in [1.807, 2.05) is 6.92 Å². The van der Waals surface area contributed by atoms with Crippen LogP contribution < -0.4 is 11.1 Å². The molecule has 0 unspecified atom stereocenters. The molecule has 0 aliphatic heterocycles. The number of nitrogens with one attached hydrogen (secondary N) is 1. The molecule has 76 valence electrons. The van der Waals surface area contributed by atoms with Crippen molar-refractivity contribution in [1.29, 1.82) is 0 Å². The fourth-order valence-electron chi connectivity index (χ4n) is 1.04. The molecule has 1 heterocycles. The number of halogens is 1. The van der Waals surface area contributed by atoms with Crippen molar-refractivity contribution in [3.05, 3.63) is 29.0 Å². The van der Waals surface area contributed by atoms with Crippen molar-refractivity contribution >= 4 is 27.3 Å². The van der Waals surface area contributed by atoms with E-state index < -0.39 is 0 Å². The van der Waals surface area contributed by atoms with Gasteiger partial charge in [-0.3, -0.25) is 4.98 Å². The molecule has 1 rings (SSSR count). The number of pyridine rings is 1. The van der Waals surface area contributed by atoms with E-state index in [9.17, 15) is 0 Å². The van der Waals surface area contributed by atoms with E-state index in [0.717, 1.165) is 28.7 Å². The van der Waals surface area contributed by atoms with Crippen LogP contribution >= 0.6 is 15.9 Å². The van der Waals surface area contributed by atoms with E-state index in [2.05, 4.69) is 32.8 Å². The second-order valence-corrected chi connectivity index (χ2v) is 4.07. The monoisotopic (exact) mass is 255 g/mol. The summed E-state index contributed by atoms with van der Waals surface area (Å²) in [5.41, 5.74) is 8.47. The molecule has 0 atom stereocenters. The van der Waals surface area contributed by atoms with Crippen molar-refractivity contribution < 1.29 is 0 Å². The van der Waals surface area contributed by atoms with Crippen molar-refractivity contribution in [2.24, 2.45) is 0 Å². The van der Waals surface area contributed by atoms with Gasteiger partial charge in [-0.1, -0.05) is 5.57 Å². The van der Waals surface area contributed by atoms with Gasteiger partial charge in [-0.25, -0.2) is 0 Å². The van der Waals surface area contributed by atoms with E-state index in [4.69, 9.17) is 5.73 Å². The Morgan fingerprint density at radius 1 is 1.64 bits per heavy atom. The highest BCUT2D eigenvalue weighted by Gasteiger charge is 2.02. The Labute approximate surface area is 92.5 Å². The van der Waals surface area contributed by atoms with E-state index >= 15 is 0 Å². The molecule has 0 aliphatic rings. The highest BCUT2D eigenvalue weighted by molar-refractivity contribution is 9.10. The third kappa shape index (κ3) is 3.03. The average Bonchev–Trinajstić information content (AvgIpc) is 2.09. The first-order valence-electron chi connectivity index (χ1n) is 4.38. The predicted octanol–water partition coefficient (Wildman–Crippen LogP) is 2.80. The minimum Gasteiger partial charge on any atom is -0.396 e. The van der Waals surface area contributed by atoms with Crippen LogP contribution in [-0.4, -0.2) is 11.5 Å². The van der Waals surface area contributed by atoms with Crippen LogP contribution in [0.4, 0.5) is 11.4 Å². The second-order valence-electron chi connectivity index (χ2n) is 3.22. The van der Waals surface area contributed by atoms with Gasteiger partial charge in [-0.15, -0.1) is 6.58 Å². The van der Waals surface area contributed by atoms with E-state index in [0.29, 0.717) is 5.69 Å². The van der Waals surface area contributed by atoms with Crippen LogP contribution in [0.3, 0.4) is 0 Å². The largest absolute Gasteiger partial charge is 0.396 e. The normalized spacial score (nSPS) is 9.86. The maximum atomic E-state index is 5.76. The van der Waals surface area contributed by atoms with Crippen LogP contribution in [0, 0.1) is 0 Å². The molecule has 0 radical (unpaired) electrons. The van der Waals surface area contributed by atoms with E-state index in [1.165, 1.54) is 0 Å². The molecule has 0 fully saturated rings. The molecule has 0 saturated heterocycles. The number of nitrogen functional groups attached to an aromatic ring is 1. The highest BCUT2D eigenvalue weighted by atomic mass is 79.9. The molecule has 0 spiro atoms. The Morgan fingerprint density at radius 2 is 2.36 bits per heavy atom. The van der Waals surface area contributed by atoms with Crippen LogP contribution in [0.5, 0.6) is 0 Å². The van der Waals surface area contributed by atoms with Crippen molar-refractivity contribution in [3.8, 4) is 0 Å². The Morgan fingerprint density at radius 3 is 2.93 bits per heavy atom. The summed E-state index contributed by atoms with van der Waals surface area (Å²) in [6, 6.07) is 0. The number of anilines is 2. The third-order valence-corrected chi connectivity index (χ3v) is 2.38. The fraction of sp³-hybridized carbons (Fsp3) is 0.300. The van der Waals surface area contributed by atoms with Gasteiger partial charge in [-0.2, -0.15) is 0 Å². The SMILES string of the molecule is C=C(C)CCNc1c(N)cncc1Br. The van der Waals surface area contributed by atoms with Crippen molar-refractivity contribution in [2.75, 3.05) is 17.6 Å². The van der Waals surface area contributed by atoms with Crippen LogP contribution in [-0.2, 0) is 0 Å². The van der Waals surface area contributed by atoms with Crippen LogP contribution in [0.1, 0.15) is 13.3 Å². The lowest BCUT2D eigenvalue weighted by molar-refractivity contribution is 1.00.